The van der Waals surface area contributed by atoms with Crippen LogP contribution in [0.3, 0.4) is 0 Å². The Kier molecular flexibility index (Phi) is 5.52. The lowest BCUT2D eigenvalue weighted by Crippen LogP contribution is -2.16. The van der Waals surface area contributed by atoms with Crippen molar-refractivity contribution in [1.29, 1.82) is 0 Å². The van der Waals surface area contributed by atoms with E-state index in [9.17, 15) is 5.11 Å². The van der Waals surface area contributed by atoms with Crippen LogP contribution in [0.1, 0.15) is 52.7 Å². The van der Waals surface area contributed by atoms with Crippen LogP contribution in [0.25, 0.3) is 0 Å². The van der Waals surface area contributed by atoms with Gasteiger partial charge in [0.1, 0.15) is 11.5 Å². The van der Waals surface area contributed by atoms with Gasteiger partial charge in [0.25, 0.3) is 5.19 Å². The molecule has 0 spiro atoms. The molecule has 0 saturated heterocycles. The number of thiazole rings is 1. The Hall–Kier alpha value is -1.26. The predicted molar refractivity (Wildman–Crippen MR) is 94.9 cm³/mol. The lowest BCUT2D eigenvalue weighted by molar-refractivity contribution is 0.423. The Morgan fingerprint density at radius 1 is 1.00 bits per heavy atom. The lowest BCUT2D eigenvalue weighted by atomic mass is 9.81. The third-order valence-corrected chi connectivity index (χ3v) is 3.97. The molecule has 1 N–H and O–H groups in total. The molecule has 2 aromatic rings. The quantitative estimate of drug-likeness (QED) is 0.766. The van der Waals surface area contributed by atoms with Gasteiger partial charge in [0, 0.05) is 22.7 Å². The molecule has 5 heteroatoms. The van der Waals surface area contributed by atoms with Crippen LogP contribution >= 0.6 is 23.7 Å². The molecule has 0 radical (unpaired) electrons. The van der Waals surface area contributed by atoms with Gasteiger partial charge in [-0.2, -0.15) is 0 Å². The number of halogens is 1. The molecule has 0 unspecified atom stereocenters. The monoisotopic (exact) mass is 341 g/mol. The van der Waals surface area contributed by atoms with E-state index >= 15 is 0 Å². The minimum absolute atomic E-state index is 0. The summed E-state index contributed by atoms with van der Waals surface area (Å²) in [7, 11) is 0. The number of ether oxygens (including phenoxy) is 1. The fourth-order valence-electron chi connectivity index (χ4n) is 2.19. The molecule has 1 aromatic heterocycles. The number of aromatic nitrogens is 1. The van der Waals surface area contributed by atoms with E-state index in [1.165, 1.54) is 11.3 Å². The van der Waals surface area contributed by atoms with Crippen molar-refractivity contribution in [3.05, 3.63) is 34.8 Å². The summed E-state index contributed by atoms with van der Waals surface area (Å²) in [6.07, 6.45) is 1.72. The van der Waals surface area contributed by atoms with E-state index in [0.717, 1.165) is 16.9 Å². The Morgan fingerprint density at radius 3 is 2.05 bits per heavy atom. The fourth-order valence-corrected chi connectivity index (χ4v) is 2.69. The fraction of sp³-hybridized carbons (Fsp3) is 0.471. The van der Waals surface area contributed by atoms with Gasteiger partial charge in [-0.15, -0.1) is 12.4 Å². The first kappa shape index (κ1) is 18.8. The third kappa shape index (κ3) is 4.14. The van der Waals surface area contributed by atoms with Crippen LogP contribution in [0.15, 0.2) is 23.7 Å². The summed E-state index contributed by atoms with van der Waals surface area (Å²) < 4.78 is 5.96. The number of aromatic hydroxyl groups is 1. The van der Waals surface area contributed by atoms with Crippen LogP contribution in [0, 0.1) is 0 Å². The van der Waals surface area contributed by atoms with Crippen LogP contribution in [0.4, 0.5) is 0 Å². The molecular weight excluding hydrogens is 318 g/mol. The Morgan fingerprint density at radius 2 is 1.59 bits per heavy atom. The standard InChI is InChI=1S/C17H23NO2S.ClH/c1-16(2,3)11-10-14(20-15-18-7-8-21-15)12(9-13(11)19)17(4,5)6;/h7-10,19H,1-6H3;1H. The highest BCUT2D eigenvalue weighted by Crippen LogP contribution is 2.42. The number of rotatable bonds is 2. The molecule has 1 aromatic carbocycles. The molecule has 1 heterocycles. The molecule has 2 rings (SSSR count). The largest absolute Gasteiger partial charge is 0.508 e. The molecule has 122 valence electrons. The number of hydrogen-bond acceptors (Lipinski definition) is 4. The molecule has 0 aliphatic carbocycles. The first-order valence-electron chi connectivity index (χ1n) is 7.04. The number of benzene rings is 1. The highest BCUT2D eigenvalue weighted by atomic mass is 35.5. The summed E-state index contributed by atoms with van der Waals surface area (Å²) in [4.78, 5) is 4.18. The first-order valence-corrected chi connectivity index (χ1v) is 7.92. The zero-order valence-electron chi connectivity index (χ0n) is 13.9. The van der Waals surface area contributed by atoms with Crippen molar-refractivity contribution in [2.24, 2.45) is 0 Å². The Labute approximate surface area is 142 Å². The smallest absolute Gasteiger partial charge is 0.278 e. The molecule has 0 aliphatic heterocycles. The summed E-state index contributed by atoms with van der Waals surface area (Å²) in [5, 5.41) is 12.9. The van der Waals surface area contributed by atoms with E-state index in [1.807, 2.05) is 17.5 Å². The first-order chi connectivity index (χ1) is 9.59. The van der Waals surface area contributed by atoms with Crippen LogP contribution in [0.2, 0.25) is 0 Å². The average Bonchev–Trinajstić information content (AvgIpc) is 2.81. The molecule has 3 nitrogen and oxygen atoms in total. The highest BCUT2D eigenvalue weighted by molar-refractivity contribution is 7.11. The van der Waals surface area contributed by atoms with Crippen LogP contribution < -0.4 is 4.74 Å². The molecule has 0 aliphatic rings. The molecule has 0 bridgehead atoms. The lowest BCUT2D eigenvalue weighted by Gasteiger charge is -2.27. The summed E-state index contributed by atoms with van der Waals surface area (Å²) in [6.45, 7) is 12.5. The number of nitrogens with zero attached hydrogens (tertiary/aromatic N) is 1. The van der Waals surface area contributed by atoms with Gasteiger partial charge in [-0.1, -0.05) is 52.9 Å². The van der Waals surface area contributed by atoms with E-state index < -0.39 is 0 Å². The van der Waals surface area contributed by atoms with Gasteiger partial charge in [0.05, 0.1) is 0 Å². The summed E-state index contributed by atoms with van der Waals surface area (Å²) in [5.41, 5.74) is 1.58. The van der Waals surface area contributed by atoms with E-state index in [1.54, 1.807) is 6.20 Å². The zero-order valence-corrected chi connectivity index (χ0v) is 15.6. The minimum atomic E-state index is -0.151. The van der Waals surface area contributed by atoms with Gasteiger partial charge in [-0.05, 0) is 23.0 Å². The molecular formula is C17H24ClNO2S. The second-order valence-corrected chi connectivity index (χ2v) is 8.12. The Balaban J connectivity index is 0.00000242. The van der Waals surface area contributed by atoms with Crippen molar-refractivity contribution >= 4 is 23.7 Å². The van der Waals surface area contributed by atoms with Crippen molar-refractivity contribution in [2.75, 3.05) is 0 Å². The topological polar surface area (TPSA) is 42.4 Å². The number of phenolic OH excluding ortho intramolecular Hbond substituents is 1. The second kappa shape index (κ2) is 6.47. The SMILES string of the molecule is CC(C)(C)c1cc(Oc2nccs2)c(C(C)(C)C)cc1O.Cl. The average molecular weight is 342 g/mol. The molecule has 0 saturated carbocycles. The van der Waals surface area contributed by atoms with Crippen LogP contribution in [-0.4, -0.2) is 10.1 Å². The van der Waals surface area contributed by atoms with Gasteiger partial charge >= 0.3 is 0 Å². The van der Waals surface area contributed by atoms with Crippen molar-refractivity contribution in [2.45, 2.75) is 52.4 Å². The van der Waals surface area contributed by atoms with Gasteiger partial charge in [0.15, 0.2) is 0 Å². The second-order valence-electron chi connectivity index (χ2n) is 7.27. The zero-order chi connectivity index (χ0) is 15.8. The third-order valence-electron chi connectivity index (χ3n) is 3.32. The van der Waals surface area contributed by atoms with E-state index in [-0.39, 0.29) is 23.2 Å². The van der Waals surface area contributed by atoms with Gasteiger partial charge in [-0.25, -0.2) is 4.98 Å². The summed E-state index contributed by atoms with van der Waals surface area (Å²) in [5.74, 6) is 1.08. The van der Waals surface area contributed by atoms with E-state index in [0.29, 0.717) is 10.9 Å². The van der Waals surface area contributed by atoms with E-state index in [4.69, 9.17) is 4.74 Å². The maximum absolute atomic E-state index is 10.4. The highest BCUT2D eigenvalue weighted by Gasteiger charge is 2.26. The minimum Gasteiger partial charge on any atom is -0.508 e. The summed E-state index contributed by atoms with van der Waals surface area (Å²) in [6, 6.07) is 3.76. The number of hydrogen-bond donors (Lipinski definition) is 1. The molecule has 0 fully saturated rings. The van der Waals surface area contributed by atoms with Crippen LogP contribution in [-0.2, 0) is 10.8 Å². The normalized spacial score (nSPS) is 11.9. The predicted octanol–water partition coefficient (Wildman–Crippen LogP) is 5.66. The van der Waals surface area contributed by atoms with Crippen molar-refractivity contribution in [3.63, 3.8) is 0 Å². The van der Waals surface area contributed by atoms with Crippen molar-refractivity contribution in [3.8, 4) is 16.7 Å². The van der Waals surface area contributed by atoms with Gasteiger partial charge < -0.3 is 9.84 Å². The van der Waals surface area contributed by atoms with Gasteiger partial charge in [0.2, 0.25) is 0 Å². The Bertz CT molecular complexity index is 625. The van der Waals surface area contributed by atoms with Crippen molar-refractivity contribution < 1.29 is 9.84 Å². The summed E-state index contributed by atoms with van der Waals surface area (Å²) >= 11 is 1.46. The molecule has 0 amide bonds. The maximum Gasteiger partial charge on any atom is 0.278 e. The van der Waals surface area contributed by atoms with Crippen molar-refractivity contribution in [1.82, 2.24) is 4.98 Å². The molecule has 22 heavy (non-hydrogen) atoms. The van der Waals surface area contributed by atoms with E-state index in [2.05, 4.69) is 46.5 Å². The number of phenols is 1. The molecule has 0 atom stereocenters. The van der Waals surface area contributed by atoms with Crippen LogP contribution in [0.5, 0.6) is 16.7 Å². The maximum atomic E-state index is 10.4. The van der Waals surface area contributed by atoms with Gasteiger partial charge in [-0.3, -0.25) is 0 Å².